The van der Waals surface area contributed by atoms with Crippen LogP contribution in [0.1, 0.15) is 44.7 Å². The SMILES string of the molecule is CC(C)CC(NC1CCNCC1)c1ccccc1. The molecule has 1 unspecified atom stereocenters. The number of nitrogens with one attached hydrogen (secondary N) is 2. The molecular formula is C16H26N2. The molecule has 1 saturated heterocycles. The summed E-state index contributed by atoms with van der Waals surface area (Å²) in [5.74, 6) is 0.726. The maximum Gasteiger partial charge on any atom is 0.0325 e. The van der Waals surface area contributed by atoms with E-state index in [0.717, 1.165) is 19.0 Å². The fraction of sp³-hybridized carbons (Fsp3) is 0.625. The zero-order chi connectivity index (χ0) is 12.8. The van der Waals surface area contributed by atoms with Gasteiger partial charge in [0.2, 0.25) is 0 Å². The molecule has 1 aliphatic heterocycles. The van der Waals surface area contributed by atoms with Crippen LogP contribution in [0.4, 0.5) is 0 Å². The van der Waals surface area contributed by atoms with Gasteiger partial charge in [0.05, 0.1) is 0 Å². The number of benzene rings is 1. The third kappa shape index (κ3) is 4.11. The van der Waals surface area contributed by atoms with Crippen molar-refractivity contribution in [2.75, 3.05) is 13.1 Å². The highest BCUT2D eigenvalue weighted by Gasteiger charge is 2.19. The van der Waals surface area contributed by atoms with Gasteiger partial charge >= 0.3 is 0 Å². The molecule has 1 atom stereocenters. The van der Waals surface area contributed by atoms with Crippen molar-refractivity contribution in [1.29, 1.82) is 0 Å². The van der Waals surface area contributed by atoms with E-state index < -0.39 is 0 Å². The molecule has 1 heterocycles. The zero-order valence-electron chi connectivity index (χ0n) is 11.7. The topological polar surface area (TPSA) is 24.1 Å². The fourth-order valence-corrected chi connectivity index (χ4v) is 2.73. The molecule has 0 aliphatic carbocycles. The first-order chi connectivity index (χ1) is 8.75. The van der Waals surface area contributed by atoms with Crippen LogP contribution in [0.15, 0.2) is 30.3 Å². The molecule has 0 bridgehead atoms. The maximum atomic E-state index is 3.86. The average molecular weight is 246 g/mol. The first-order valence-corrected chi connectivity index (χ1v) is 7.27. The van der Waals surface area contributed by atoms with Gasteiger partial charge in [-0.1, -0.05) is 44.2 Å². The normalized spacial score (nSPS) is 19.1. The molecule has 2 heteroatoms. The molecule has 1 fully saturated rings. The van der Waals surface area contributed by atoms with Crippen molar-refractivity contribution in [2.24, 2.45) is 5.92 Å². The largest absolute Gasteiger partial charge is 0.317 e. The van der Waals surface area contributed by atoms with Crippen LogP contribution in [-0.2, 0) is 0 Å². The first-order valence-electron chi connectivity index (χ1n) is 7.27. The van der Waals surface area contributed by atoms with Crippen LogP contribution in [0, 0.1) is 5.92 Å². The van der Waals surface area contributed by atoms with Crippen LogP contribution in [0.2, 0.25) is 0 Å². The summed E-state index contributed by atoms with van der Waals surface area (Å²) in [5.41, 5.74) is 1.43. The van der Waals surface area contributed by atoms with Gasteiger partial charge in [-0.25, -0.2) is 0 Å². The van der Waals surface area contributed by atoms with Crippen LogP contribution >= 0.6 is 0 Å². The Kier molecular flexibility index (Phi) is 5.21. The summed E-state index contributed by atoms with van der Waals surface area (Å²) in [6.07, 6.45) is 3.72. The van der Waals surface area contributed by atoms with Crippen molar-refractivity contribution in [3.8, 4) is 0 Å². The quantitative estimate of drug-likeness (QED) is 0.834. The summed E-state index contributed by atoms with van der Waals surface area (Å²) >= 11 is 0. The zero-order valence-corrected chi connectivity index (χ0v) is 11.7. The van der Waals surface area contributed by atoms with Gasteiger partial charge < -0.3 is 10.6 Å². The van der Waals surface area contributed by atoms with E-state index in [1.807, 2.05) is 0 Å². The smallest absolute Gasteiger partial charge is 0.0325 e. The lowest BCUT2D eigenvalue weighted by molar-refractivity contribution is 0.323. The lowest BCUT2D eigenvalue weighted by atomic mass is 9.95. The Bertz CT molecular complexity index is 328. The van der Waals surface area contributed by atoms with Gasteiger partial charge in [0.25, 0.3) is 0 Å². The van der Waals surface area contributed by atoms with Crippen molar-refractivity contribution in [2.45, 2.75) is 45.2 Å². The van der Waals surface area contributed by atoms with E-state index in [1.165, 1.54) is 24.8 Å². The molecule has 0 radical (unpaired) electrons. The molecular weight excluding hydrogens is 220 g/mol. The van der Waals surface area contributed by atoms with E-state index in [-0.39, 0.29) is 0 Å². The van der Waals surface area contributed by atoms with Crippen molar-refractivity contribution in [3.05, 3.63) is 35.9 Å². The standard InChI is InChI=1S/C16H26N2/c1-13(2)12-16(14-6-4-3-5-7-14)18-15-8-10-17-11-9-15/h3-7,13,15-18H,8-12H2,1-2H3. The molecule has 100 valence electrons. The highest BCUT2D eigenvalue weighted by Crippen LogP contribution is 2.23. The lowest BCUT2D eigenvalue weighted by Crippen LogP contribution is -2.41. The summed E-state index contributed by atoms with van der Waals surface area (Å²) in [4.78, 5) is 0. The van der Waals surface area contributed by atoms with Crippen molar-refractivity contribution >= 4 is 0 Å². The molecule has 0 amide bonds. The number of rotatable bonds is 5. The Morgan fingerprint density at radius 3 is 2.44 bits per heavy atom. The Morgan fingerprint density at radius 2 is 1.83 bits per heavy atom. The molecule has 1 aliphatic rings. The van der Waals surface area contributed by atoms with Gasteiger partial charge in [-0.15, -0.1) is 0 Å². The van der Waals surface area contributed by atoms with E-state index in [0.29, 0.717) is 12.1 Å². The van der Waals surface area contributed by atoms with E-state index >= 15 is 0 Å². The second kappa shape index (κ2) is 6.91. The van der Waals surface area contributed by atoms with Crippen molar-refractivity contribution in [1.82, 2.24) is 10.6 Å². The molecule has 1 aromatic rings. The predicted octanol–water partition coefficient (Wildman–Crippen LogP) is 3.12. The van der Waals surface area contributed by atoms with Crippen molar-refractivity contribution < 1.29 is 0 Å². The van der Waals surface area contributed by atoms with Gasteiger partial charge in [-0.05, 0) is 43.8 Å². The molecule has 0 saturated carbocycles. The third-order valence-corrected chi connectivity index (χ3v) is 3.69. The predicted molar refractivity (Wildman–Crippen MR) is 77.7 cm³/mol. The minimum atomic E-state index is 0.509. The molecule has 2 rings (SSSR count). The Morgan fingerprint density at radius 1 is 1.17 bits per heavy atom. The van der Waals surface area contributed by atoms with Crippen LogP contribution in [0.3, 0.4) is 0 Å². The Hall–Kier alpha value is -0.860. The van der Waals surface area contributed by atoms with Gasteiger partial charge in [0.1, 0.15) is 0 Å². The average Bonchev–Trinajstić information content (AvgIpc) is 2.40. The molecule has 0 aromatic heterocycles. The summed E-state index contributed by atoms with van der Waals surface area (Å²) in [7, 11) is 0. The minimum absolute atomic E-state index is 0.509. The Labute approximate surface area is 111 Å². The number of piperidine rings is 1. The van der Waals surface area contributed by atoms with Crippen LogP contribution in [0.25, 0.3) is 0 Å². The van der Waals surface area contributed by atoms with Crippen LogP contribution < -0.4 is 10.6 Å². The second-order valence-electron chi connectivity index (χ2n) is 5.78. The Balaban J connectivity index is 2.00. The first kappa shape index (κ1) is 13.6. The monoisotopic (exact) mass is 246 g/mol. The summed E-state index contributed by atoms with van der Waals surface area (Å²) in [5, 5.41) is 7.29. The van der Waals surface area contributed by atoms with Crippen LogP contribution in [0.5, 0.6) is 0 Å². The lowest BCUT2D eigenvalue weighted by Gasteiger charge is -2.30. The van der Waals surface area contributed by atoms with E-state index in [1.54, 1.807) is 0 Å². The third-order valence-electron chi connectivity index (χ3n) is 3.69. The minimum Gasteiger partial charge on any atom is -0.317 e. The van der Waals surface area contributed by atoms with Gasteiger partial charge in [0, 0.05) is 12.1 Å². The number of hydrogen-bond acceptors (Lipinski definition) is 2. The molecule has 2 nitrogen and oxygen atoms in total. The summed E-state index contributed by atoms with van der Waals surface area (Å²) in [6.45, 7) is 6.92. The highest BCUT2D eigenvalue weighted by atomic mass is 15.0. The van der Waals surface area contributed by atoms with Gasteiger partial charge in [0.15, 0.2) is 0 Å². The van der Waals surface area contributed by atoms with E-state index in [2.05, 4.69) is 54.8 Å². The van der Waals surface area contributed by atoms with Gasteiger partial charge in [-0.2, -0.15) is 0 Å². The second-order valence-corrected chi connectivity index (χ2v) is 5.78. The number of hydrogen-bond donors (Lipinski definition) is 2. The molecule has 2 N–H and O–H groups in total. The van der Waals surface area contributed by atoms with Crippen molar-refractivity contribution in [3.63, 3.8) is 0 Å². The van der Waals surface area contributed by atoms with E-state index in [9.17, 15) is 0 Å². The molecule has 0 spiro atoms. The summed E-state index contributed by atoms with van der Waals surface area (Å²) < 4.78 is 0. The molecule has 1 aromatic carbocycles. The van der Waals surface area contributed by atoms with Gasteiger partial charge in [-0.3, -0.25) is 0 Å². The fourth-order valence-electron chi connectivity index (χ4n) is 2.73. The highest BCUT2D eigenvalue weighted by molar-refractivity contribution is 5.19. The van der Waals surface area contributed by atoms with Crippen LogP contribution in [-0.4, -0.2) is 19.1 Å². The summed E-state index contributed by atoms with van der Waals surface area (Å²) in [6, 6.07) is 12.1. The molecule has 18 heavy (non-hydrogen) atoms. The maximum absolute atomic E-state index is 3.86. The van der Waals surface area contributed by atoms with E-state index in [4.69, 9.17) is 0 Å².